The van der Waals surface area contributed by atoms with Gasteiger partial charge in [-0.3, -0.25) is 10.1 Å². The molecule has 5 nitrogen and oxygen atoms in total. The van der Waals surface area contributed by atoms with Crippen LogP contribution in [-0.2, 0) is 9.53 Å². The molecule has 0 bridgehead atoms. The Morgan fingerprint density at radius 3 is 2.75 bits per heavy atom. The van der Waals surface area contributed by atoms with Crippen molar-refractivity contribution < 1.29 is 9.53 Å². The van der Waals surface area contributed by atoms with Gasteiger partial charge in [-0.15, -0.1) is 0 Å². The zero-order valence-corrected chi connectivity index (χ0v) is 21.6. The molecule has 0 radical (unpaired) electrons. The summed E-state index contributed by atoms with van der Waals surface area (Å²) in [5.41, 5.74) is 9.11. The summed E-state index contributed by atoms with van der Waals surface area (Å²) in [5.74, 6) is 7.86. The molecule has 0 spiro atoms. The molecule has 1 saturated carbocycles. The maximum absolute atomic E-state index is 12.3. The van der Waals surface area contributed by atoms with Gasteiger partial charge in [-0.05, 0) is 50.0 Å². The van der Waals surface area contributed by atoms with Crippen LogP contribution < -0.4 is 16.4 Å². The molecule has 0 heterocycles. The van der Waals surface area contributed by atoms with Crippen molar-refractivity contribution in [2.75, 3.05) is 24.7 Å². The first kappa shape index (κ1) is 27.1. The topological polar surface area (TPSA) is 76.4 Å². The molecule has 0 saturated heterocycles. The summed E-state index contributed by atoms with van der Waals surface area (Å²) < 4.78 is 5.38. The summed E-state index contributed by atoms with van der Waals surface area (Å²) in [5, 5.41) is 6.64. The number of carbonyl (C=O) groups excluding carboxylic acids is 1. The van der Waals surface area contributed by atoms with E-state index in [1.165, 1.54) is 24.8 Å². The van der Waals surface area contributed by atoms with Crippen molar-refractivity contribution in [3.05, 3.63) is 83.7 Å². The third-order valence-electron chi connectivity index (χ3n) is 6.57. The maximum atomic E-state index is 12.3. The SMILES string of the molecule is C/C=C(C#CC1(NC/C2=C/CC=C(OC)CC=C2)CCCCC1)\C=C/CC(=O)Nc1ccccc1N. The van der Waals surface area contributed by atoms with Gasteiger partial charge in [0.05, 0.1) is 29.8 Å². The predicted molar refractivity (Wildman–Crippen MR) is 150 cm³/mol. The molecule has 3 rings (SSSR count). The Morgan fingerprint density at radius 1 is 1.19 bits per heavy atom. The van der Waals surface area contributed by atoms with Gasteiger partial charge in [0.1, 0.15) is 0 Å². The van der Waals surface area contributed by atoms with E-state index in [0.717, 1.165) is 43.6 Å². The number of rotatable bonds is 8. The van der Waals surface area contributed by atoms with E-state index >= 15 is 0 Å². The van der Waals surface area contributed by atoms with Gasteiger partial charge in [0.25, 0.3) is 0 Å². The molecule has 2 aliphatic carbocycles. The van der Waals surface area contributed by atoms with Gasteiger partial charge in [0, 0.05) is 25.0 Å². The lowest BCUT2D eigenvalue weighted by molar-refractivity contribution is -0.115. The molecule has 0 unspecified atom stereocenters. The van der Waals surface area contributed by atoms with Crippen LogP contribution in [0, 0.1) is 11.8 Å². The van der Waals surface area contributed by atoms with Gasteiger partial charge < -0.3 is 15.8 Å². The molecule has 36 heavy (non-hydrogen) atoms. The second kappa shape index (κ2) is 14.2. The summed E-state index contributed by atoms with van der Waals surface area (Å²) in [7, 11) is 1.73. The van der Waals surface area contributed by atoms with Gasteiger partial charge in [-0.25, -0.2) is 0 Å². The van der Waals surface area contributed by atoms with Crippen molar-refractivity contribution in [3.8, 4) is 11.8 Å². The Kier molecular flexibility index (Phi) is 10.7. The van der Waals surface area contributed by atoms with Gasteiger partial charge in [-0.2, -0.15) is 0 Å². The lowest BCUT2D eigenvalue weighted by Crippen LogP contribution is -2.46. The van der Waals surface area contributed by atoms with Crippen LogP contribution in [0.2, 0.25) is 0 Å². The van der Waals surface area contributed by atoms with Crippen molar-refractivity contribution >= 4 is 17.3 Å². The van der Waals surface area contributed by atoms with Crippen LogP contribution in [-0.4, -0.2) is 25.1 Å². The van der Waals surface area contributed by atoms with E-state index in [-0.39, 0.29) is 17.9 Å². The third-order valence-corrected chi connectivity index (χ3v) is 6.57. The van der Waals surface area contributed by atoms with E-state index in [9.17, 15) is 4.79 Å². The minimum Gasteiger partial charge on any atom is -0.501 e. The molecule has 1 aromatic rings. The number of benzene rings is 1. The highest BCUT2D eigenvalue weighted by atomic mass is 16.5. The van der Waals surface area contributed by atoms with Crippen LogP contribution in [0.15, 0.2) is 83.7 Å². The number of hydrogen-bond acceptors (Lipinski definition) is 4. The highest BCUT2D eigenvalue weighted by Crippen LogP contribution is 2.28. The summed E-state index contributed by atoms with van der Waals surface area (Å²) in [4.78, 5) is 12.3. The van der Waals surface area contributed by atoms with Crippen LogP contribution in [0.5, 0.6) is 0 Å². The minimum absolute atomic E-state index is 0.106. The number of carbonyl (C=O) groups is 1. The van der Waals surface area contributed by atoms with Crippen LogP contribution >= 0.6 is 0 Å². The minimum atomic E-state index is -0.187. The first-order valence-electron chi connectivity index (χ1n) is 12.9. The van der Waals surface area contributed by atoms with Crippen molar-refractivity contribution in [1.82, 2.24) is 5.32 Å². The van der Waals surface area contributed by atoms with Gasteiger partial charge >= 0.3 is 0 Å². The molecular weight excluding hydrogens is 446 g/mol. The Hall–Kier alpha value is -3.49. The zero-order chi connectivity index (χ0) is 25.6. The standard InChI is InChI=1S/C31H39N3O2/c1-3-25(12-11-19-30(35)34-29-18-6-5-17-28(29)32)20-23-31(21-7-4-8-22-31)33-24-26-13-9-15-27(36-2)16-10-14-26/h3,5-6,9,11-14,16-18,33H,4,7-8,10,15,19,21-22,24,32H2,1-2H3,(H,34,35)/b12-11-,13-9?,25-3+,26-14+,27-16?. The fraction of sp³-hybridized carbons (Fsp3) is 0.387. The Balaban J connectivity index is 1.61. The summed E-state index contributed by atoms with van der Waals surface area (Å²) >= 11 is 0. The number of anilines is 2. The quantitative estimate of drug-likeness (QED) is 0.233. The number of nitrogens with one attached hydrogen (secondary N) is 2. The Bertz CT molecular complexity index is 1110. The maximum Gasteiger partial charge on any atom is 0.228 e. The fourth-order valence-corrected chi connectivity index (χ4v) is 4.40. The Labute approximate surface area is 216 Å². The van der Waals surface area contributed by atoms with Crippen LogP contribution in [0.25, 0.3) is 0 Å². The predicted octanol–water partition coefficient (Wildman–Crippen LogP) is 6.20. The monoisotopic (exact) mass is 485 g/mol. The van der Waals surface area contributed by atoms with Gasteiger partial charge in [-0.1, -0.05) is 79.7 Å². The Morgan fingerprint density at radius 2 is 2.00 bits per heavy atom. The van der Waals surface area contributed by atoms with Gasteiger partial charge in [0.15, 0.2) is 0 Å². The van der Waals surface area contributed by atoms with Gasteiger partial charge in [0.2, 0.25) is 5.91 Å². The molecule has 0 atom stereocenters. The molecule has 190 valence electrons. The van der Waals surface area contributed by atoms with E-state index in [4.69, 9.17) is 10.5 Å². The molecule has 0 aromatic heterocycles. The fourth-order valence-electron chi connectivity index (χ4n) is 4.40. The molecular formula is C31H39N3O2. The number of methoxy groups -OCH3 is 1. The summed E-state index contributed by atoms with van der Waals surface area (Å²) in [6.07, 6.45) is 22.2. The van der Waals surface area contributed by atoms with Crippen molar-refractivity contribution in [2.45, 2.75) is 63.8 Å². The number of para-hydroxylation sites is 2. The highest BCUT2D eigenvalue weighted by Gasteiger charge is 2.29. The first-order chi connectivity index (χ1) is 17.5. The number of hydrogen-bond donors (Lipinski definition) is 3. The normalized spacial score (nSPS) is 19.2. The molecule has 2 aliphatic rings. The van der Waals surface area contributed by atoms with Crippen LogP contribution in [0.1, 0.15) is 58.3 Å². The largest absolute Gasteiger partial charge is 0.501 e. The van der Waals surface area contributed by atoms with Crippen LogP contribution in [0.3, 0.4) is 0 Å². The molecule has 4 N–H and O–H groups in total. The molecule has 1 amide bonds. The van der Waals surface area contributed by atoms with E-state index in [2.05, 4.69) is 46.8 Å². The summed E-state index contributed by atoms with van der Waals surface area (Å²) in [6.45, 7) is 2.77. The number of amides is 1. The van der Waals surface area contributed by atoms with Crippen LogP contribution in [0.4, 0.5) is 11.4 Å². The second-order valence-corrected chi connectivity index (χ2v) is 9.23. The molecule has 0 aliphatic heterocycles. The number of nitrogen functional groups attached to an aromatic ring is 1. The number of nitrogens with two attached hydrogens (primary N) is 1. The first-order valence-corrected chi connectivity index (χ1v) is 12.9. The molecule has 1 aromatic carbocycles. The summed E-state index contributed by atoms with van der Waals surface area (Å²) in [6, 6.07) is 7.26. The smallest absolute Gasteiger partial charge is 0.228 e. The van der Waals surface area contributed by atoms with Crippen molar-refractivity contribution in [1.29, 1.82) is 0 Å². The lowest BCUT2D eigenvalue weighted by Gasteiger charge is -2.34. The lowest BCUT2D eigenvalue weighted by atomic mass is 9.81. The average molecular weight is 486 g/mol. The number of allylic oxidation sites excluding steroid dienone is 6. The highest BCUT2D eigenvalue weighted by molar-refractivity contribution is 5.94. The average Bonchev–Trinajstić information content (AvgIpc) is 2.87. The van der Waals surface area contributed by atoms with Crippen molar-refractivity contribution in [3.63, 3.8) is 0 Å². The van der Waals surface area contributed by atoms with E-state index < -0.39 is 0 Å². The van der Waals surface area contributed by atoms with Crippen molar-refractivity contribution in [2.24, 2.45) is 0 Å². The number of ether oxygens (including phenoxy) is 1. The molecule has 1 fully saturated rings. The molecule has 5 heteroatoms. The third kappa shape index (κ3) is 8.62. The zero-order valence-electron chi connectivity index (χ0n) is 21.6. The second-order valence-electron chi connectivity index (χ2n) is 9.23. The van der Waals surface area contributed by atoms with E-state index in [1.54, 1.807) is 19.2 Å². The van der Waals surface area contributed by atoms with E-state index in [0.29, 0.717) is 11.4 Å². The van der Waals surface area contributed by atoms with E-state index in [1.807, 2.05) is 37.3 Å².